The van der Waals surface area contributed by atoms with Crippen LogP contribution in [-0.4, -0.2) is 29.2 Å². The highest BCUT2D eigenvalue weighted by atomic mass is 35.5. The third-order valence-electron chi connectivity index (χ3n) is 2.29. The van der Waals surface area contributed by atoms with Crippen LogP contribution in [0.2, 0.25) is 5.15 Å². The molecule has 1 N–H and O–H groups in total. The summed E-state index contributed by atoms with van der Waals surface area (Å²) in [6.07, 6.45) is 1.02. The molecule has 0 radical (unpaired) electrons. The fourth-order valence-corrected chi connectivity index (χ4v) is 1.51. The van der Waals surface area contributed by atoms with Crippen LogP contribution in [0, 0.1) is 6.92 Å². The lowest BCUT2D eigenvalue weighted by Crippen LogP contribution is -2.15. The van der Waals surface area contributed by atoms with Gasteiger partial charge in [-0.2, -0.15) is 0 Å². The molecule has 1 rings (SSSR count). The van der Waals surface area contributed by atoms with Crippen LogP contribution < -0.4 is 5.32 Å². The van der Waals surface area contributed by atoms with E-state index in [4.69, 9.17) is 16.3 Å². The van der Waals surface area contributed by atoms with Crippen LogP contribution in [0.1, 0.15) is 32.2 Å². The predicted octanol–water partition coefficient (Wildman–Crippen LogP) is 2.84. The number of nitrogens with one attached hydrogen (secondary N) is 1. The van der Waals surface area contributed by atoms with Gasteiger partial charge in [-0.1, -0.05) is 18.5 Å². The fraction of sp³-hybridized carbons (Fsp3) is 0.667. The summed E-state index contributed by atoms with van der Waals surface area (Å²) >= 11 is 6.04. The number of rotatable bonds is 6. The van der Waals surface area contributed by atoms with E-state index in [1.54, 1.807) is 0 Å². The number of aromatic nitrogens is 2. The van der Waals surface area contributed by atoms with E-state index in [-0.39, 0.29) is 6.10 Å². The van der Waals surface area contributed by atoms with Gasteiger partial charge in [0.25, 0.3) is 0 Å². The average Bonchev–Trinajstić information content (AvgIpc) is 2.29. The van der Waals surface area contributed by atoms with Gasteiger partial charge < -0.3 is 10.1 Å². The highest BCUT2D eigenvalue weighted by molar-refractivity contribution is 6.30. The van der Waals surface area contributed by atoms with Crippen LogP contribution in [-0.2, 0) is 11.2 Å². The first kappa shape index (κ1) is 14.2. The Morgan fingerprint density at radius 3 is 2.65 bits per heavy atom. The largest absolute Gasteiger partial charge is 0.377 e. The molecule has 1 aromatic rings. The van der Waals surface area contributed by atoms with E-state index in [9.17, 15) is 0 Å². The Morgan fingerprint density at radius 2 is 2.06 bits per heavy atom. The molecule has 5 heteroatoms. The highest BCUT2D eigenvalue weighted by Gasteiger charge is 2.07. The molecule has 0 amide bonds. The summed E-state index contributed by atoms with van der Waals surface area (Å²) in [6, 6.07) is 0. The zero-order valence-corrected chi connectivity index (χ0v) is 11.6. The average molecular weight is 258 g/mol. The molecule has 0 spiro atoms. The van der Waals surface area contributed by atoms with Crippen molar-refractivity contribution < 1.29 is 4.74 Å². The summed E-state index contributed by atoms with van der Waals surface area (Å²) in [6.45, 7) is 9.32. The van der Waals surface area contributed by atoms with E-state index >= 15 is 0 Å². The lowest BCUT2D eigenvalue weighted by molar-refractivity contribution is 0.0870. The summed E-state index contributed by atoms with van der Waals surface area (Å²) < 4.78 is 5.45. The first-order valence-electron chi connectivity index (χ1n) is 5.93. The molecule has 0 atom stereocenters. The van der Waals surface area contributed by atoms with Crippen LogP contribution in [0.4, 0.5) is 5.82 Å². The Labute approximate surface area is 108 Å². The van der Waals surface area contributed by atoms with Crippen molar-refractivity contribution in [2.75, 3.05) is 18.5 Å². The predicted molar refractivity (Wildman–Crippen MR) is 70.7 cm³/mol. The lowest BCUT2D eigenvalue weighted by atomic mass is 10.3. The number of nitrogens with zero attached hydrogens (tertiary/aromatic N) is 2. The maximum Gasteiger partial charge on any atom is 0.137 e. The van der Waals surface area contributed by atoms with Crippen molar-refractivity contribution in [3.8, 4) is 0 Å². The minimum absolute atomic E-state index is 0.248. The van der Waals surface area contributed by atoms with Gasteiger partial charge in [-0.3, -0.25) is 0 Å². The SMILES string of the molecule is CCc1nc(Cl)c(C)c(NCCOC(C)C)n1. The molecule has 0 saturated carbocycles. The van der Waals surface area contributed by atoms with E-state index < -0.39 is 0 Å². The molecule has 0 unspecified atom stereocenters. The van der Waals surface area contributed by atoms with Crippen LogP contribution in [0.15, 0.2) is 0 Å². The van der Waals surface area contributed by atoms with Gasteiger partial charge in [0.15, 0.2) is 0 Å². The number of hydrogen-bond acceptors (Lipinski definition) is 4. The number of halogens is 1. The Bertz CT molecular complexity index is 369. The van der Waals surface area contributed by atoms with Gasteiger partial charge in [0, 0.05) is 18.5 Å². The third-order valence-corrected chi connectivity index (χ3v) is 2.66. The quantitative estimate of drug-likeness (QED) is 0.629. The molecule has 96 valence electrons. The summed E-state index contributed by atoms with van der Waals surface area (Å²) in [5.41, 5.74) is 0.883. The maximum absolute atomic E-state index is 6.04. The second kappa shape index (κ2) is 6.77. The smallest absolute Gasteiger partial charge is 0.137 e. The van der Waals surface area contributed by atoms with Crippen LogP contribution in [0.5, 0.6) is 0 Å². The fourth-order valence-electron chi connectivity index (χ4n) is 1.33. The second-order valence-corrected chi connectivity index (χ2v) is 4.46. The zero-order chi connectivity index (χ0) is 12.8. The molecular weight excluding hydrogens is 238 g/mol. The summed E-state index contributed by atoms with van der Waals surface area (Å²) in [5, 5.41) is 3.74. The number of aryl methyl sites for hydroxylation is 1. The van der Waals surface area contributed by atoms with Gasteiger partial charge in [0.05, 0.1) is 12.7 Å². The Balaban J connectivity index is 2.60. The maximum atomic E-state index is 6.04. The zero-order valence-electron chi connectivity index (χ0n) is 10.9. The summed E-state index contributed by atoms with van der Waals surface area (Å²) in [7, 11) is 0. The summed E-state index contributed by atoms with van der Waals surface area (Å²) in [5.74, 6) is 1.56. The van der Waals surface area contributed by atoms with Gasteiger partial charge in [0.1, 0.15) is 16.8 Å². The van der Waals surface area contributed by atoms with Crippen LogP contribution in [0.25, 0.3) is 0 Å². The number of anilines is 1. The van der Waals surface area contributed by atoms with E-state index in [0.29, 0.717) is 11.8 Å². The standard InChI is InChI=1S/C12H20ClN3O/c1-5-10-15-11(13)9(4)12(16-10)14-6-7-17-8(2)3/h8H,5-7H2,1-4H3,(H,14,15,16). The van der Waals surface area contributed by atoms with E-state index in [1.807, 2.05) is 27.7 Å². The van der Waals surface area contributed by atoms with Crippen molar-refractivity contribution in [1.82, 2.24) is 9.97 Å². The van der Waals surface area contributed by atoms with Gasteiger partial charge in [-0.05, 0) is 20.8 Å². The van der Waals surface area contributed by atoms with Crippen molar-refractivity contribution in [1.29, 1.82) is 0 Å². The van der Waals surface area contributed by atoms with Crippen LogP contribution in [0.3, 0.4) is 0 Å². The molecule has 1 heterocycles. The lowest BCUT2D eigenvalue weighted by Gasteiger charge is -2.12. The van der Waals surface area contributed by atoms with Crippen molar-refractivity contribution in [3.63, 3.8) is 0 Å². The molecule has 17 heavy (non-hydrogen) atoms. The molecule has 0 saturated heterocycles. The second-order valence-electron chi connectivity index (χ2n) is 4.10. The Kier molecular flexibility index (Phi) is 5.65. The Hall–Kier alpha value is -0.870. The van der Waals surface area contributed by atoms with Crippen molar-refractivity contribution in [2.45, 2.75) is 40.2 Å². The number of ether oxygens (including phenoxy) is 1. The van der Waals surface area contributed by atoms with Crippen LogP contribution >= 0.6 is 11.6 Å². The molecule has 0 aliphatic rings. The summed E-state index contributed by atoms with van der Waals surface area (Å²) in [4.78, 5) is 8.60. The monoisotopic (exact) mass is 257 g/mol. The molecule has 0 aromatic carbocycles. The van der Waals surface area contributed by atoms with Gasteiger partial charge in [-0.25, -0.2) is 9.97 Å². The van der Waals surface area contributed by atoms with Crippen molar-refractivity contribution in [3.05, 3.63) is 16.5 Å². The molecule has 0 aliphatic heterocycles. The third kappa shape index (κ3) is 4.48. The Morgan fingerprint density at radius 1 is 1.35 bits per heavy atom. The van der Waals surface area contributed by atoms with Crippen molar-refractivity contribution >= 4 is 17.4 Å². The van der Waals surface area contributed by atoms with E-state index in [2.05, 4.69) is 15.3 Å². The first-order valence-corrected chi connectivity index (χ1v) is 6.30. The molecule has 0 aliphatic carbocycles. The van der Waals surface area contributed by atoms with Crippen molar-refractivity contribution in [2.24, 2.45) is 0 Å². The van der Waals surface area contributed by atoms with E-state index in [1.165, 1.54) is 0 Å². The van der Waals surface area contributed by atoms with Gasteiger partial charge in [-0.15, -0.1) is 0 Å². The normalized spacial score (nSPS) is 10.9. The van der Waals surface area contributed by atoms with Gasteiger partial charge >= 0.3 is 0 Å². The molecule has 4 nitrogen and oxygen atoms in total. The molecule has 0 fully saturated rings. The minimum Gasteiger partial charge on any atom is -0.377 e. The molecule has 0 bridgehead atoms. The van der Waals surface area contributed by atoms with Gasteiger partial charge in [0.2, 0.25) is 0 Å². The van der Waals surface area contributed by atoms with E-state index in [0.717, 1.165) is 30.2 Å². The molecule has 1 aromatic heterocycles. The minimum atomic E-state index is 0.248. The topological polar surface area (TPSA) is 47.0 Å². The number of hydrogen-bond donors (Lipinski definition) is 1. The first-order chi connectivity index (χ1) is 8.04. The molecular formula is C12H20ClN3O. The highest BCUT2D eigenvalue weighted by Crippen LogP contribution is 2.19.